The minimum absolute atomic E-state index is 0.0402. The Bertz CT molecular complexity index is 363. The molecular weight excluding hydrogens is 228 g/mol. The third-order valence-corrected chi connectivity index (χ3v) is 2.72. The molecule has 3 N–H and O–H groups in total. The van der Waals surface area contributed by atoms with E-state index in [1.54, 1.807) is 7.11 Å². The molecule has 0 bridgehead atoms. The summed E-state index contributed by atoms with van der Waals surface area (Å²) >= 11 is 0. The summed E-state index contributed by atoms with van der Waals surface area (Å²) in [5.74, 6) is 0.372. The molecule has 0 aromatic heterocycles. The van der Waals surface area contributed by atoms with E-state index in [-0.39, 0.29) is 5.91 Å². The first-order chi connectivity index (χ1) is 8.65. The van der Waals surface area contributed by atoms with Crippen LogP contribution < -0.4 is 11.1 Å². The zero-order chi connectivity index (χ0) is 13.4. The van der Waals surface area contributed by atoms with Crippen molar-refractivity contribution < 1.29 is 9.53 Å². The fourth-order valence-corrected chi connectivity index (χ4v) is 1.67. The van der Waals surface area contributed by atoms with Crippen molar-refractivity contribution >= 4 is 5.91 Å². The lowest BCUT2D eigenvalue weighted by Crippen LogP contribution is -2.31. The summed E-state index contributed by atoms with van der Waals surface area (Å²) in [6.07, 6.45) is 0.407. The van der Waals surface area contributed by atoms with Crippen LogP contribution in [0.1, 0.15) is 18.1 Å². The van der Waals surface area contributed by atoms with Crippen LogP contribution in [0.5, 0.6) is 0 Å². The monoisotopic (exact) mass is 250 g/mol. The van der Waals surface area contributed by atoms with E-state index in [0.717, 1.165) is 11.1 Å². The molecule has 18 heavy (non-hydrogen) atoms. The highest BCUT2D eigenvalue weighted by Crippen LogP contribution is 2.04. The van der Waals surface area contributed by atoms with Gasteiger partial charge < -0.3 is 15.8 Å². The SMILES string of the molecule is COCC(C)CNC(=O)Cc1ccc(CN)cc1. The number of rotatable bonds is 7. The van der Waals surface area contributed by atoms with Crippen molar-refractivity contribution in [3.63, 3.8) is 0 Å². The molecule has 1 aromatic carbocycles. The van der Waals surface area contributed by atoms with Gasteiger partial charge in [0.1, 0.15) is 0 Å². The average Bonchev–Trinajstić information content (AvgIpc) is 2.38. The van der Waals surface area contributed by atoms with Gasteiger partial charge in [0.2, 0.25) is 5.91 Å². The summed E-state index contributed by atoms with van der Waals surface area (Å²) < 4.78 is 5.02. The second kappa shape index (κ2) is 7.84. The molecule has 100 valence electrons. The largest absolute Gasteiger partial charge is 0.384 e. The highest BCUT2D eigenvalue weighted by Gasteiger charge is 2.06. The van der Waals surface area contributed by atoms with Gasteiger partial charge in [0.05, 0.1) is 13.0 Å². The minimum Gasteiger partial charge on any atom is -0.384 e. The molecule has 1 atom stereocenters. The van der Waals surface area contributed by atoms with Gasteiger partial charge in [0.25, 0.3) is 0 Å². The van der Waals surface area contributed by atoms with Gasteiger partial charge in [-0.25, -0.2) is 0 Å². The summed E-state index contributed by atoms with van der Waals surface area (Å²) in [7, 11) is 1.66. The van der Waals surface area contributed by atoms with Crippen LogP contribution in [0.2, 0.25) is 0 Å². The zero-order valence-electron chi connectivity index (χ0n) is 11.1. The van der Waals surface area contributed by atoms with Crippen molar-refractivity contribution in [3.05, 3.63) is 35.4 Å². The standard InChI is InChI=1S/C14H22N2O2/c1-11(10-18-2)9-16-14(17)7-12-3-5-13(8-15)6-4-12/h3-6,11H,7-10,15H2,1-2H3,(H,16,17). The number of amides is 1. The summed E-state index contributed by atoms with van der Waals surface area (Å²) in [6.45, 7) is 3.87. The first-order valence-electron chi connectivity index (χ1n) is 6.19. The Kier molecular flexibility index (Phi) is 6.39. The Morgan fingerprint density at radius 2 is 1.94 bits per heavy atom. The van der Waals surface area contributed by atoms with Gasteiger partial charge in [-0.3, -0.25) is 4.79 Å². The van der Waals surface area contributed by atoms with E-state index in [1.165, 1.54) is 0 Å². The van der Waals surface area contributed by atoms with Gasteiger partial charge in [0.15, 0.2) is 0 Å². The molecule has 4 heteroatoms. The fourth-order valence-electron chi connectivity index (χ4n) is 1.67. The molecular formula is C14H22N2O2. The lowest BCUT2D eigenvalue weighted by Gasteiger charge is -2.11. The maximum absolute atomic E-state index is 11.7. The van der Waals surface area contributed by atoms with Crippen molar-refractivity contribution in [1.29, 1.82) is 0 Å². The Labute approximate surface area is 109 Å². The number of carbonyl (C=O) groups excluding carboxylic acids is 1. The van der Waals surface area contributed by atoms with Gasteiger partial charge in [-0.05, 0) is 17.0 Å². The van der Waals surface area contributed by atoms with E-state index in [0.29, 0.717) is 32.0 Å². The number of nitrogens with one attached hydrogen (secondary N) is 1. The van der Waals surface area contributed by atoms with Crippen molar-refractivity contribution in [1.82, 2.24) is 5.32 Å². The van der Waals surface area contributed by atoms with E-state index >= 15 is 0 Å². The number of hydrogen-bond acceptors (Lipinski definition) is 3. The lowest BCUT2D eigenvalue weighted by molar-refractivity contribution is -0.120. The van der Waals surface area contributed by atoms with Gasteiger partial charge in [-0.1, -0.05) is 31.2 Å². The summed E-state index contributed by atoms with van der Waals surface area (Å²) in [5, 5.41) is 2.90. The normalized spacial score (nSPS) is 12.2. The first kappa shape index (κ1) is 14.7. The number of ether oxygens (including phenoxy) is 1. The molecule has 4 nitrogen and oxygen atoms in total. The van der Waals surface area contributed by atoms with Gasteiger partial charge in [0, 0.05) is 20.2 Å². The highest BCUT2D eigenvalue weighted by atomic mass is 16.5. The van der Waals surface area contributed by atoms with Crippen LogP contribution >= 0.6 is 0 Å². The quantitative estimate of drug-likeness (QED) is 0.761. The maximum atomic E-state index is 11.7. The minimum atomic E-state index is 0.0402. The van der Waals surface area contributed by atoms with Crippen LogP contribution in [0.4, 0.5) is 0 Å². The number of carbonyl (C=O) groups is 1. The smallest absolute Gasteiger partial charge is 0.224 e. The van der Waals surface area contributed by atoms with Crippen LogP contribution in [0.25, 0.3) is 0 Å². The third kappa shape index (κ3) is 5.29. The van der Waals surface area contributed by atoms with Crippen molar-refractivity contribution in [2.45, 2.75) is 19.9 Å². The van der Waals surface area contributed by atoms with Crippen LogP contribution in [0, 0.1) is 5.92 Å². The van der Waals surface area contributed by atoms with E-state index in [4.69, 9.17) is 10.5 Å². The predicted molar refractivity (Wildman–Crippen MR) is 72.1 cm³/mol. The highest BCUT2D eigenvalue weighted by molar-refractivity contribution is 5.78. The molecule has 0 aliphatic heterocycles. The number of benzene rings is 1. The first-order valence-corrected chi connectivity index (χ1v) is 6.19. The Balaban J connectivity index is 2.35. The Hall–Kier alpha value is -1.39. The van der Waals surface area contributed by atoms with E-state index in [2.05, 4.69) is 5.32 Å². The molecule has 0 radical (unpaired) electrons. The van der Waals surface area contributed by atoms with Crippen molar-refractivity contribution in [2.24, 2.45) is 11.7 Å². The molecule has 1 aromatic rings. The number of hydrogen-bond donors (Lipinski definition) is 2. The van der Waals surface area contributed by atoms with Gasteiger partial charge >= 0.3 is 0 Å². The number of nitrogens with two attached hydrogens (primary N) is 1. The van der Waals surface area contributed by atoms with Crippen LogP contribution in [0.3, 0.4) is 0 Å². The molecule has 1 amide bonds. The Morgan fingerprint density at radius 1 is 1.33 bits per heavy atom. The van der Waals surface area contributed by atoms with Crippen LogP contribution in [-0.2, 0) is 22.5 Å². The predicted octanol–water partition coefficient (Wildman–Crippen LogP) is 1.09. The van der Waals surface area contributed by atoms with E-state index < -0.39 is 0 Å². The molecule has 0 saturated heterocycles. The fraction of sp³-hybridized carbons (Fsp3) is 0.500. The molecule has 1 rings (SSSR count). The molecule has 1 unspecified atom stereocenters. The maximum Gasteiger partial charge on any atom is 0.224 e. The Morgan fingerprint density at radius 3 is 2.50 bits per heavy atom. The average molecular weight is 250 g/mol. The molecule has 0 saturated carbocycles. The van der Waals surface area contributed by atoms with Gasteiger partial charge in [-0.15, -0.1) is 0 Å². The van der Waals surface area contributed by atoms with Crippen molar-refractivity contribution in [2.75, 3.05) is 20.3 Å². The zero-order valence-corrected chi connectivity index (χ0v) is 11.1. The van der Waals surface area contributed by atoms with E-state index in [1.807, 2.05) is 31.2 Å². The molecule has 0 aliphatic rings. The molecule has 0 fully saturated rings. The summed E-state index contributed by atoms with van der Waals surface area (Å²) in [5.41, 5.74) is 7.60. The third-order valence-electron chi connectivity index (χ3n) is 2.72. The number of methoxy groups -OCH3 is 1. The molecule has 0 heterocycles. The molecule has 0 aliphatic carbocycles. The molecule has 0 spiro atoms. The second-order valence-electron chi connectivity index (χ2n) is 4.56. The van der Waals surface area contributed by atoms with E-state index in [9.17, 15) is 4.79 Å². The lowest BCUT2D eigenvalue weighted by atomic mass is 10.1. The topological polar surface area (TPSA) is 64.3 Å². The second-order valence-corrected chi connectivity index (χ2v) is 4.56. The van der Waals surface area contributed by atoms with Gasteiger partial charge in [-0.2, -0.15) is 0 Å². The summed E-state index contributed by atoms with van der Waals surface area (Å²) in [4.78, 5) is 11.7. The van der Waals surface area contributed by atoms with Crippen molar-refractivity contribution in [3.8, 4) is 0 Å². The van der Waals surface area contributed by atoms with Crippen LogP contribution in [0.15, 0.2) is 24.3 Å². The van der Waals surface area contributed by atoms with Crippen LogP contribution in [-0.4, -0.2) is 26.2 Å². The summed E-state index contributed by atoms with van der Waals surface area (Å²) in [6, 6.07) is 7.80.